The summed E-state index contributed by atoms with van der Waals surface area (Å²) in [5, 5.41) is 7.10. The van der Waals surface area contributed by atoms with Crippen LogP contribution in [0.25, 0.3) is 0 Å². The molecule has 1 fully saturated rings. The van der Waals surface area contributed by atoms with Crippen molar-refractivity contribution < 1.29 is 0 Å². The zero-order valence-electron chi connectivity index (χ0n) is 7.50. The maximum atomic E-state index is 3.57. The Morgan fingerprint density at radius 3 is 3.00 bits per heavy atom. The summed E-state index contributed by atoms with van der Waals surface area (Å²) in [6.07, 6.45) is 0. The molecular weight excluding hydrogens is 180 g/mol. The van der Waals surface area contributed by atoms with Crippen molar-refractivity contribution in [2.45, 2.75) is 22.9 Å². The van der Waals surface area contributed by atoms with Crippen LogP contribution in [-0.4, -0.2) is 12.6 Å². The van der Waals surface area contributed by atoms with Crippen LogP contribution in [0.3, 0.4) is 0 Å². The summed E-state index contributed by atoms with van der Waals surface area (Å²) in [5.41, 5.74) is 1.41. The number of rotatable bonds is 0. The average molecular weight is 192 g/mol. The van der Waals surface area contributed by atoms with Crippen molar-refractivity contribution in [3.63, 3.8) is 0 Å². The first-order valence-corrected chi connectivity index (χ1v) is 5.43. The van der Waals surface area contributed by atoms with Gasteiger partial charge >= 0.3 is 0 Å². The van der Waals surface area contributed by atoms with E-state index in [9.17, 15) is 0 Å². The molecule has 0 aromatic heterocycles. The van der Waals surface area contributed by atoms with Crippen molar-refractivity contribution in [2.24, 2.45) is 0 Å². The number of hydrogen-bond donors (Lipinski definition) is 2. The molecule has 2 N–H and O–H groups in total. The zero-order chi connectivity index (χ0) is 8.89. The Kier molecular flexibility index (Phi) is 1.51. The Morgan fingerprint density at radius 2 is 2.31 bits per heavy atom. The van der Waals surface area contributed by atoms with Crippen molar-refractivity contribution in [2.75, 3.05) is 6.54 Å². The average Bonchev–Trinajstić information content (AvgIpc) is 2.49. The van der Waals surface area contributed by atoms with Crippen molar-refractivity contribution in [3.05, 3.63) is 29.8 Å². The largest absolute Gasteiger partial charge is 0.285 e. The van der Waals surface area contributed by atoms with E-state index in [2.05, 4.69) is 41.8 Å². The molecule has 2 unspecified atom stereocenters. The van der Waals surface area contributed by atoms with E-state index in [4.69, 9.17) is 0 Å². The summed E-state index contributed by atoms with van der Waals surface area (Å²) in [4.78, 5) is 1.44. The van der Waals surface area contributed by atoms with Gasteiger partial charge < -0.3 is 0 Å². The van der Waals surface area contributed by atoms with E-state index in [1.54, 1.807) is 0 Å². The van der Waals surface area contributed by atoms with Gasteiger partial charge in [0.2, 0.25) is 0 Å². The fourth-order valence-corrected chi connectivity index (χ4v) is 3.36. The van der Waals surface area contributed by atoms with E-state index in [1.165, 1.54) is 10.5 Å². The van der Waals surface area contributed by atoms with Crippen LogP contribution in [0.4, 0.5) is 0 Å². The summed E-state index contributed by atoms with van der Waals surface area (Å²) in [7, 11) is 0. The zero-order valence-corrected chi connectivity index (χ0v) is 8.32. The first kappa shape index (κ1) is 7.85. The lowest BCUT2D eigenvalue weighted by molar-refractivity contribution is 0.475. The second-order valence-corrected chi connectivity index (χ2v) is 4.96. The first-order chi connectivity index (χ1) is 6.30. The molecule has 2 heterocycles. The van der Waals surface area contributed by atoms with Crippen molar-refractivity contribution >= 4 is 11.8 Å². The van der Waals surface area contributed by atoms with Crippen molar-refractivity contribution in [3.8, 4) is 0 Å². The van der Waals surface area contributed by atoms with Crippen LogP contribution in [0.2, 0.25) is 0 Å². The van der Waals surface area contributed by atoms with Crippen LogP contribution in [0.15, 0.2) is 29.2 Å². The van der Waals surface area contributed by atoms with E-state index in [1.807, 2.05) is 11.8 Å². The molecule has 2 aliphatic rings. The van der Waals surface area contributed by atoms with Crippen LogP contribution in [0, 0.1) is 0 Å². The van der Waals surface area contributed by atoms with Gasteiger partial charge in [-0.2, -0.15) is 0 Å². The van der Waals surface area contributed by atoms with Gasteiger partial charge in [-0.05, 0) is 13.0 Å². The minimum atomic E-state index is 0.0377. The van der Waals surface area contributed by atoms with E-state index in [-0.39, 0.29) is 4.99 Å². The lowest BCUT2D eigenvalue weighted by atomic mass is 10.1. The second kappa shape index (κ2) is 2.50. The Balaban J connectivity index is 2.00. The fourth-order valence-electron chi connectivity index (χ4n) is 2.00. The SMILES string of the molecule is CC1CNC2(N1)Sc1ccccc12. The Labute approximate surface area is 82.1 Å². The van der Waals surface area contributed by atoms with Gasteiger partial charge in [0, 0.05) is 23.0 Å². The summed E-state index contributed by atoms with van der Waals surface area (Å²) in [6, 6.07) is 9.14. The highest BCUT2D eigenvalue weighted by Crippen LogP contribution is 2.52. The minimum absolute atomic E-state index is 0.0377. The van der Waals surface area contributed by atoms with Crippen LogP contribution >= 0.6 is 11.8 Å². The molecule has 2 atom stereocenters. The minimum Gasteiger partial charge on any atom is -0.285 e. The van der Waals surface area contributed by atoms with Gasteiger partial charge in [0.25, 0.3) is 0 Å². The molecule has 0 aliphatic carbocycles. The van der Waals surface area contributed by atoms with Crippen LogP contribution in [0.5, 0.6) is 0 Å². The summed E-state index contributed by atoms with van der Waals surface area (Å²) in [5.74, 6) is 0. The van der Waals surface area contributed by atoms with Gasteiger partial charge in [0.05, 0.1) is 0 Å². The molecule has 2 nitrogen and oxygen atoms in total. The van der Waals surface area contributed by atoms with Crippen LogP contribution < -0.4 is 10.6 Å². The second-order valence-electron chi connectivity index (χ2n) is 3.71. The predicted molar refractivity (Wildman–Crippen MR) is 54.6 cm³/mol. The van der Waals surface area contributed by atoms with Crippen LogP contribution in [0.1, 0.15) is 12.5 Å². The molecule has 0 amide bonds. The molecule has 13 heavy (non-hydrogen) atoms. The monoisotopic (exact) mass is 192 g/mol. The van der Waals surface area contributed by atoms with Crippen LogP contribution in [-0.2, 0) is 4.99 Å². The van der Waals surface area contributed by atoms with Gasteiger partial charge in [-0.25, -0.2) is 0 Å². The summed E-state index contributed by atoms with van der Waals surface area (Å²) in [6.45, 7) is 3.27. The Hall–Kier alpha value is -0.510. The van der Waals surface area contributed by atoms with E-state index >= 15 is 0 Å². The molecule has 0 radical (unpaired) electrons. The smallest absolute Gasteiger partial charge is 0.149 e. The number of nitrogens with one attached hydrogen (secondary N) is 2. The van der Waals surface area contributed by atoms with Gasteiger partial charge in [-0.15, -0.1) is 0 Å². The van der Waals surface area contributed by atoms with Crippen molar-refractivity contribution in [1.82, 2.24) is 10.6 Å². The molecular formula is C10H12N2S. The summed E-state index contributed by atoms with van der Waals surface area (Å²) < 4.78 is 0. The highest BCUT2D eigenvalue weighted by molar-refractivity contribution is 8.01. The highest BCUT2D eigenvalue weighted by Gasteiger charge is 2.47. The summed E-state index contributed by atoms with van der Waals surface area (Å²) >= 11 is 1.89. The lowest BCUT2D eigenvalue weighted by Crippen LogP contribution is -2.48. The van der Waals surface area contributed by atoms with E-state index in [0.717, 1.165) is 6.54 Å². The molecule has 0 saturated carbocycles. The quantitative estimate of drug-likeness (QED) is 0.651. The maximum Gasteiger partial charge on any atom is 0.149 e. The van der Waals surface area contributed by atoms with E-state index < -0.39 is 0 Å². The molecule has 1 aromatic rings. The molecule has 3 heteroatoms. The number of thioether (sulfide) groups is 1. The number of hydrogen-bond acceptors (Lipinski definition) is 3. The van der Waals surface area contributed by atoms with Gasteiger partial charge in [-0.1, -0.05) is 30.0 Å². The normalized spacial score (nSPS) is 35.9. The third kappa shape index (κ3) is 0.980. The highest BCUT2D eigenvalue weighted by atomic mass is 32.2. The first-order valence-electron chi connectivity index (χ1n) is 4.61. The molecule has 1 spiro atoms. The Morgan fingerprint density at radius 1 is 1.46 bits per heavy atom. The van der Waals surface area contributed by atoms with E-state index in [0.29, 0.717) is 6.04 Å². The maximum absolute atomic E-state index is 3.57. The lowest BCUT2D eigenvalue weighted by Gasteiger charge is -2.40. The number of benzene rings is 1. The number of fused-ring (bicyclic) bond motifs is 2. The Bertz CT molecular complexity index is 353. The topological polar surface area (TPSA) is 24.1 Å². The molecule has 3 rings (SSSR count). The molecule has 1 saturated heterocycles. The molecule has 68 valence electrons. The molecule has 2 aliphatic heterocycles. The van der Waals surface area contributed by atoms with Crippen molar-refractivity contribution in [1.29, 1.82) is 0 Å². The fraction of sp³-hybridized carbons (Fsp3) is 0.400. The van der Waals surface area contributed by atoms with Gasteiger partial charge in [0.1, 0.15) is 4.99 Å². The standard InChI is InChI=1S/C10H12N2S/c1-7-6-11-10(12-7)8-4-2-3-5-9(8)13-10/h2-5,7,11-12H,6H2,1H3. The van der Waals surface area contributed by atoms with Gasteiger partial charge in [0.15, 0.2) is 0 Å². The third-order valence-electron chi connectivity index (χ3n) is 2.64. The molecule has 1 aromatic carbocycles. The predicted octanol–water partition coefficient (Wildman–Crippen LogP) is 1.48. The third-order valence-corrected chi connectivity index (χ3v) is 4.00. The molecule has 0 bridgehead atoms. The van der Waals surface area contributed by atoms with Gasteiger partial charge in [-0.3, -0.25) is 10.6 Å².